The first-order valence-electron chi connectivity index (χ1n) is 13.2. The molecule has 7 rings (SSSR count). The summed E-state index contributed by atoms with van der Waals surface area (Å²) in [6, 6.07) is 0. The van der Waals surface area contributed by atoms with E-state index < -0.39 is 0 Å². The summed E-state index contributed by atoms with van der Waals surface area (Å²) in [4.78, 5) is 33.8. The highest BCUT2D eigenvalue weighted by Gasteiger charge is 2.51. The Morgan fingerprint density at radius 1 is 1.12 bits per heavy atom. The lowest BCUT2D eigenvalue weighted by atomic mass is 9.53. The molecule has 1 amide bonds. The van der Waals surface area contributed by atoms with Crippen molar-refractivity contribution in [1.82, 2.24) is 24.5 Å². The van der Waals surface area contributed by atoms with Gasteiger partial charge in [-0.1, -0.05) is 19.8 Å². The van der Waals surface area contributed by atoms with Crippen molar-refractivity contribution in [3.05, 3.63) is 22.1 Å². The maximum Gasteiger partial charge on any atom is 0.288 e. The Morgan fingerprint density at radius 2 is 1.79 bits per heavy atom. The standard InChI is InChI=1S/C25H36N6O3/c1-2-3-4-5-30-16-20(21(32)27-25-13-17-10-18(14-25)12-19(11-17)15-25)22(33)31-24(30)26-23(28-31)29-6-8-34-9-7-29/h16-19H,2-15H2,1H3,(H,27,32). The molecular formula is C25H36N6O3. The predicted molar refractivity (Wildman–Crippen MR) is 128 cm³/mol. The molecule has 9 nitrogen and oxygen atoms in total. The highest BCUT2D eigenvalue weighted by Crippen LogP contribution is 2.55. The second-order valence-electron chi connectivity index (χ2n) is 11.1. The van der Waals surface area contributed by atoms with Crippen LogP contribution in [0.5, 0.6) is 0 Å². The summed E-state index contributed by atoms with van der Waals surface area (Å²) in [6.45, 7) is 5.50. The van der Waals surface area contributed by atoms with Crippen LogP contribution < -0.4 is 15.8 Å². The van der Waals surface area contributed by atoms with Crippen molar-refractivity contribution in [2.45, 2.75) is 76.8 Å². The van der Waals surface area contributed by atoms with E-state index in [1.807, 2.05) is 9.47 Å². The van der Waals surface area contributed by atoms with Crippen LogP contribution in [0, 0.1) is 17.8 Å². The van der Waals surface area contributed by atoms with Crippen molar-refractivity contribution in [3.63, 3.8) is 0 Å². The van der Waals surface area contributed by atoms with E-state index in [0.717, 1.165) is 56.3 Å². The van der Waals surface area contributed by atoms with E-state index >= 15 is 0 Å². The van der Waals surface area contributed by atoms with Gasteiger partial charge in [-0.25, -0.2) is 0 Å². The number of carbonyl (C=O) groups is 1. The summed E-state index contributed by atoms with van der Waals surface area (Å²) in [5.41, 5.74) is -0.337. The van der Waals surface area contributed by atoms with E-state index in [-0.39, 0.29) is 22.6 Å². The van der Waals surface area contributed by atoms with Crippen LogP contribution in [0.15, 0.2) is 11.0 Å². The molecule has 1 aliphatic heterocycles. The van der Waals surface area contributed by atoms with Crippen molar-refractivity contribution in [2.24, 2.45) is 17.8 Å². The SMILES string of the molecule is CCCCCn1cc(C(=O)NC23CC4CC(CC(C4)C2)C3)c(=O)n2nc(N3CCOCC3)nc12. The smallest absolute Gasteiger partial charge is 0.288 e. The highest BCUT2D eigenvalue weighted by molar-refractivity contribution is 5.94. The van der Waals surface area contributed by atoms with Crippen LogP contribution in [0.2, 0.25) is 0 Å². The van der Waals surface area contributed by atoms with Gasteiger partial charge in [0, 0.05) is 31.4 Å². The van der Waals surface area contributed by atoms with Crippen LogP contribution >= 0.6 is 0 Å². The molecule has 184 valence electrons. The monoisotopic (exact) mass is 468 g/mol. The Morgan fingerprint density at radius 3 is 2.44 bits per heavy atom. The lowest BCUT2D eigenvalue weighted by molar-refractivity contribution is -0.0167. The number of carbonyl (C=O) groups excluding carboxylic acids is 1. The minimum Gasteiger partial charge on any atom is -0.378 e. The largest absolute Gasteiger partial charge is 0.378 e. The Labute approximate surface area is 199 Å². The average Bonchev–Trinajstić information content (AvgIpc) is 3.26. The van der Waals surface area contributed by atoms with Gasteiger partial charge in [-0.2, -0.15) is 9.50 Å². The number of nitrogens with zero attached hydrogens (tertiary/aromatic N) is 5. The molecule has 3 heterocycles. The summed E-state index contributed by atoms with van der Waals surface area (Å²) in [6.07, 6.45) is 12.0. The maximum absolute atomic E-state index is 13.6. The molecule has 4 aliphatic carbocycles. The van der Waals surface area contributed by atoms with Gasteiger partial charge in [0.25, 0.3) is 11.5 Å². The van der Waals surface area contributed by atoms with Crippen LogP contribution in [-0.2, 0) is 11.3 Å². The molecule has 9 heteroatoms. The molecule has 1 N–H and O–H groups in total. The molecule has 0 radical (unpaired) electrons. The molecule has 34 heavy (non-hydrogen) atoms. The number of morpholine rings is 1. The normalized spacial score (nSPS) is 30.3. The lowest BCUT2D eigenvalue weighted by Gasteiger charge is -2.56. The minimum absolute atomic E-state index is 0.137. The number of fused-ring (bicyclic) bond motifs is 1. The second kappa shape index (κ2) is 8.66. The molecule has 4 saturated carbocycles. The fourth-order valence-corrected chi connectivity index (χ4v) is 7.32. The summed E-state index contributed by atoms with van der Waals surface area (Å²) in [5, 5.41) is 7.93. The van der Waals surface area contributed by atoms with Crippen molar-refractivity contribution >= 4 is 17.6 Å². The fraction of sp³-hybridized carbons (Fsp3) is 0.760. The fourth-order valence-electron chi connectivity index (χ4n) is 7.32. The third-order valence-corrected chi connectivity index (χ3v) is 8.50. The second-order valence-corrected chi connectivity index (χ2v) is 11.1. The molecule has 4 bridgehead atoms. The van der Waals surface area contributed by atoms with Crippen LogP contribution in [0.1, 0.15) is 75.1 Å². The first-order valence-corrected chi connectivity index (χ1v) is 13.2. The van der Waals surface area contributed by atoms with Crippen LogP contribution in [-0.4, -0.2) is 56.9 Å². The number of ether oxygens (including phenoxy) is 1. The van der Waals surface area contributed by atoms with Gasteiger partial charge < -0.3 is 19.5 Å². The van der Waals surface area contributed by atoms with E-state index in [1.165, 1.54) is 23.8 Å². The molecule has 5 aliphatic rings. The number of hydrogen-bond acceptors (Lipinski definition) is 6. The van der Waals surface area contributed by atoms with E-state index in [0.29, 0.717) is 44.6 Å². The molecule has 1 saturated heterocycles. The Balaban J connectivity index is 1.33. The number of nitrogens with one attached hydrogen (secondary N) is 1. The van der Waals surface area contributed by atoms with Gasteiger partial charge in [0.2, 0.25) is 11.7 Å². The number of hydrogen-bond donors (Lipinski definition) is 1. The zero-order valence-electron chi connectivity index (χ0n) is 20.2. The molecule has 0 aromatic carbocycles. The zero-order valence-corrected chi connectivity index (χ0v) is 20.2. The number of aryl methyl sites for hydroxylation is 1. The maximum atomic E-state index is 13.6. The van der Waals surface area contributed by atoms with Crippen molar-refractivity contribution in [2.75, 3.05) is 31.2 Å². The summed E-state index contributed by atoms with van der Waals surface area (Å²) in [7, 11) is 0. The lowest BCUT2D eigenvalue weighted by Crippen LogP contribution is -2.60. The summed E-state index contributed by atoms with van der Waals surface area (Å²) >= 11 is 0. The molecule has 5 fully saturated rings. The quantitative estimate of drug-likeness (QED) is 0.628. The Hall–Kier alpha value is -2.42. The first kappa shape index (κ1) is 22.1. The molecule has 0 atom stereocenters. The van der Waals surface area contributed by atoms with Crippen LogP contribution in [0.3, 0.4) is 0 Å². The highest BCUT2D eigenvalue weighted by atomic mass is 16.5. The van der Waals surface area contributed by atoms with E-state index in [9.17, 15) is 9.59 Å². The van der Waals surface area contributed by atoms with Crippen LogP contribution in [0.4, 0.5) is 5.95 Å². The van der Waals surface area contributed by atoms with E-state index in [1.54, 1.807) is 6.20 Å². The number of anilines is 1. The first-order chi connectivity index (χ1) is 16.5. The number of aromatic nitrogens is 4. The molecular weight excluding hydrogens is 432 g/mol. The van der Waals surface area contributed by atoms with Crippen molar-refractivity contribution in [3.8, 4) is 0 Å². The van der Waals surface area contributed by atoms with Crippen molar-refractivity contribution < 1.29 is 9.53 Å². The topological polar surface area (TPSA) is 93.8 Å². The third-order valence-electron chi connectivity index (χ3n) is 8.50. The van der Waals surface area contributed by atoms with Gasteiger partial charge in [0.05, 0.1) is 13.2 Å². The Bertz CT molecular complexity index is 1100. The minimum atomic E-state index is -0.379. The molecule has 0 spiro atoms. The van der Waals surface area contributed by atoms with Gasteiger partial charge >= 0.3 is 0 Å². The van der Waals surface area contributed by atoms with Gasteiger partial charge in [-0.05, 0) is 62.7 Å². The van der Waals surface area contributed by atoms with Gasteiger partial charge in [0.15, 0.2) is 0 Å². The van der Waals surface area contributed by atoms with Crippen molar-refractivity contribution in [1.29, 1.82) is 0 Å². The summed E-state index contributed by atoms with van der Waals surface area (Å²) < 4.78 is 8.74. The molecule has 0 unspecified atom stereocenters. The molecule has 2 aromatic heterocycles. The van der Waals surface area contributed by atoms with Crippen LogP contribution in [0.25, 0.3) is 5.78 Å². The van der Waals surface area contributed by atoms with Gasteiger partial charge in [-0.3, -0.25) is 9.59 Å². The number of amides is 1. The average molecular weight is 469 g/mol. The zero-order chi connectivity index (χ0) is 23.3. The summed E-state index contributed by atoms with van der Waals surface area (Å²) in [5.74, 6) is 2.97. The van der Waals surface area contributed by atoms with Gasteiger partial charge in [0.1, 0.15) is 5.56 Å². The predicted octanol–water partition coefficient (Wildman–Crippen LogP) is 2.62. The van der Waals surface area contributed by atoms with E-state index in [2.05, 4.69) is 17.3 Å². The Kier molecular flexibility index (Phi) is 5.62. The van der Waals surface area contributed by atoms with E-state index in [4.69, 9.17) is 9.72 Å². The number of unbranched alkanes of at least 4 members (excludes halogenated alkanes) is 2. The van der Waals surface area contributed by atoms with Gasteiger partial charge in [-0.15, -0.1) is 5.10 Å². The number of rotatable bonds is 7. The molecule has 2 aromatic rings. The third kappa shape index (κ3) is 3.91.